The van der Waals surface area contributed by atoms with E-state index in [1.165, 1.54) is 12.1 Å². The summed E-state index contributed by atoms with van der Waals surface area (Å²) in [6.45, 7) is 2.35. The number of nitrogens with one attached hydrogen (secondary N) is 1. The summed E-state index contributed by atoms with van der Waals surface area (Å²) >= 11 is 6.02. The van der Waals surface area contributed by atoms with Crippen molar-refractivity contribution >= 4 is 11.6 Å². The van der Waals surface area contributed by atoms with Crippen LogP contribution in [-0.2, 0) is 6.54 Å². The van der Waals surface area contributed by atoms with Crippen LogP contribution in [0.3, 0.4) is 0 Å². The molecule has 0 aromatic heterocycles. The molecule has 0 radical (unpaired) electrons. The molecule has 2 rings (SSSR count). The summed E-state index contributed by atoms with van der Waals surface area (Å²) in [5.41, 5.74) is 1.50. The number of phenols is 1. The van der Waals surface area contributed by atoms with Crippen molar-refractivity contribution < 1.29 is 9.50 Å². The van der Waals surface area contributed by atoms with Crippen molar-refractivity contribution in [1.82, 2.24) is 5.32 Å². The normalized spacial score (nSPS) is 12.4. The van der Waals surface area contributed by atoms with Crippen molar-refractivity contribution in [3.05, 3.63) is 64.4 Å². The third-order valence-electron chi connectivity index (χ3n) is 3.03. The molecule has 0 saturated heterocycles. The lowest BCUT2D eigenvalue weighted by molar-refractivity contribution is 0.460. The maximum atomic E-state index is 13.1. The first-order valence-corrected chi connectivity index (χ1v) is 6.41. The van der Waals surface area contributed by atoms with Crippen molar-refractivity contribution in [2.45, 2.75) is 19.5 Å². The van der Waals surface area contributed by atoms with Crippen LogP contribution in [0, 0.1) is 5.82 Å². The second kappa shape index (κ2) is 6.04. The van der Waals surface area contributed by atoms with Gasteiger partial charge in [-0.1, -0.05) is 29.8 Å². The van der Waals surface area contributed by atoms with E-state index in [2.05, 4.69) is 5.32 Å². The highest BCUT2D eigenvalue weighted by Gasteiger charge is 2.09. The topological polar surface area (TPSA) is 32.3 Å². The zero-order valence-corrected chi connectivity index (χ0v) is 11.3. The molecule has 0 aliphatic rings. The van der Waals surface area contributed by atoms with E-state index in [0.717, 1.165) is 5.56 Å². The minimum atomic E-state index is -0.258. The van der Waals surface area contributed by atoms with E-state index >= 15 is 0 Å². The molecular formula is C15H15ClFNO. The van der Waals surface area contributed by atoms with Gasteiger partial charge in [0.05, 0.1) is 0 Å². The quantitative estimate of drug-likeness (QED) is 0.885. The van der Waals surface area contributed by atoms with E-state index in [9.17, 15) is 9.50 Å². The maximum absolute atomic E-state index is 13.1. The van der Waals surface area contributed by atoms with Gasteiger partial charge >= 0.3 is 0 Å². The molecule has 2 aromatic carbocycles. The van der Waals surface area contributed by atoms with Crippen molar-refractivity contribution in [1.29, 1.82) is 0 Å². The van der Waals surface area contributed by atoms with Gasteiger partial charge in [0.25, 0.3) is 0 Å². The fourth-order valence-corrected chi connectivity index (χ4v) is 2.11. The molecule has 0 saturated carbocycles. The third-order valence-corrected chi connectivity index (χ3v) is 3.38. The van der Waals surface area contributed by atoms with Crippen LogP contribution in [0.5, 0.6) is 5.75 Å². The molecule has 0 amide bonds. The van der Waals surface area contributed by atoms with Crippen molar-refractivity contribution in [2.75, 3.05) is 0 Å². The van der Waals surface area contributed by atoms with Crippen LogP contribution in [-0.4, -0.2) is 5.11 Å². The van der Waals surface area contributed by atoms with Crippen LogP contribution in [0.1, 0.15) is 24.1 Å². The van der Waals surface area contributed by atoms with Crippen LogP contribution in [0.4, 0.5) is 4.39 Å². The van der Waals surface area contributed by atoms with E-state index in [-0.39, 0.29) is 17.6 Å². The Morgan fingerprint density at radius 2 is 2.00 bits per heavy atom. The number of phenolic OH excluding ortho intramolecular Hbond substituents is 1. The molecule has 0 heterocycles. The van der Waals surface area contributed by atoms with Gasteiger partial charge in [0.2, 0.25) is 0 Å². The van der Waals surface area contributed by atoms with Crippen molar-refractivity contribution in [3.63, 3.8) is 0 Å². The minimum Gasteiger partial charge on any atom is -0.508 e. The summed E-state index contributed by atoms with van der Waals surface area (Å²) in [7, 11) is 0. The molecule has 0 spiro atoms. The number of hydrogen-bond donors (Lipinski definition) is 2. The Morgan fingerprint density at radius 1 is 1.26 bits per heavy atom. The molecule has 0 aliphatic carbocycles. The van der Waals surface area contributed by atoms with E-state index in [0.29, 0.717) is 17.1 Å². The Kier molecular flexibility index (Phi) is 4.40. The Hall–Kier alpha value is -1.58. The Balaban J connectivity index is 2.06. The van der Waals surface area contributed by atoms with Gasteiger partial charge in [-0.3, -0.25) is 0 Å². The molecule has 0 fully saturated rings. The molecule has 1 atom stereocenters. The maximum Gasteiger partial charge on any atom is 0.123 e. The monoisotopic (exact) mass is 279 g/mol. The van der Waals surface area contributed by atoms with E-state index in [4.69, 9.17) is 11.6 Å². The summed E-state index contributed by atoms with van der Waals surface area (Å²) in [5, 5.41) is 13.5. The molecule has 2 N–H and O–H groups in total. The molecule has 100 valence electrons. The standard InChI is InChI=1S/C15H15ClFNO/c1-10(11-4-2-5-12(17)8-11)18-9-13-14(16)6-3-7-15(13)19/h2-8,10,18-19H,9H2,1H3/t10-/m1/s1. The van der Waals surface area contributed by atoms with Gasteiger partial charge in [-0.15, -0.1) is 0 Å². The summed E-state index contributed by atoms with van der Waals surface area (Å²) in [6.07, 6.45) is 0. The number of hydrogen-bond acceptors (Lipinski definition) is 2. The third kappa shape index (κ3) is 3.46. The highest BCUT2D eigenvalue weighted by molar-refractivity contribution is 6.31. The van der Waals surface area contributed by atoms with Crippen LogP contribution in [0.25, 0.3) is 0 Å². The summed E-state index contributed by atoms with van der Waals surface area (Å²) < 4.78 is 13.1. The Morgan fingerprint density at radius 3 is 2.68 bits per heavy atom. The van der Waals surface area contributed by atoms with E-state index in [1.54, 1.807) is 24.3 Å². The SMILES string of the molecule is C[C@@H](NCc1c(O)cccc1Cl)c1cccc(F)c1. The van der Waals surface area contributed by atoms with Gasteiger partial charge < -0.3 is 10.4 Å². The smallest absolute Gasteiger partial charge is 0.123 e. The lowest BCUT2D eigenvalue weighted by Crippen LogP contribution is -2.18. The van der Waals surface area contributed by atoms with Gasteiger partial charge in [-0.2, -0.15) is 0 Å². The van der Waals surface area contributed by atoms with Crippen molar-refractivity contribution in [3.8, 4) is 5.75 Å². The van der Waals surface area contributed by atoms with Gasteiger partial charge in [0.1, 0.15) is 11.6 Å². The van der Waals surface area contributed by atoms with Gasteiger partial charge in [0, 0.05) is 23.2 Å². The fourth-order valence-electron chi connectivity index (χ4n) is 1.87. The number of rotatable bonds is 4. The van der Waals surface area contributed by atoms with Crippen LogP contribution in [0.15, 0.2) is 42.5 Å². The first-order chi connectivity index (χ1) is 9.08. The highest BCUT2D eigenvalue weighted by Crippen LogP contribution is 2.25. The van der Waals surface area contributed by atoms with E-state index in [1.807, 2.05) is 13.0 Å². The molecule has 4 heteroatoms. The highest BCUT2D eigenvalue weighted by atomic mass is 35.5. The lowest BCUT2D eigenvalue weighted by Gasteiger charge is -2.15. The lowest BCUT2D eigenvalue weighted by atomic mass is 10.1. The summed E-state index contributed by atoms with van der Waals surface area (Å²) in [6, 6.07) is 11.4. The molecule has 0 aliphatic heterocycles. The number of halogens is 2. The van der Waals surface area contributed by atoms with Crippen LogP contribution < -0.4 is 5.32 Å². The first-order valence-electron chi connectivity index (χ1n) is 6.03. The zero-order valence-electron chi connectivity index (χ0n) is 10.5. The average Bonchev–Trinajstić information content (AvgIpc) is 2.38. The molecular weight excluding hydrogens is 265 g/mol. The largest absolute Gasteiger partial charge is 0.508 e. The van der Waals surface area contributed by atoms with Gasteiger partial charge in [-0.05, 0) is 36.8 Å². The minimum absolute atomic E-state index is 0.0358. The first kappa shape index (κ1) is 13.8. The van der Waals surface area contributed by atoms with Crippen LogP contribution in [0.2, 0.25) is 5.02 Å². The second-order valence-electron chi connectivity index (χ2n) is 4.40. The molecule has 2 aromatic rings. The number of aromatic hydroxyl groups is 1. The average molecular weight is 280 g/mol. The zero-order chi connectivity index (χ0) is 13.8. The predicted molar refractivity (Wildman–Crippen MR) is 74.8 cm³/mol. The predicted octanol–water partition coefficient (Wildman–Crippen LogP) is 4.04. The Labute approximate surface area is 116 Å². The second-order valence-corrected chi connectivity index (χ2v) is 4.80. The van der Waals surface area contributed by atoms with Gasteiger partial charge in [0.15, 0.2) is 0 Å². The van der Waals surface area contributed by atoms with E-state index < -0.39 is 0 Å². The van der Waals surface area contributed by atoms with Gasteiger partial charge in [-0.25, -0.2) is 4.39 Å². The molecule has 0 bridgehead atoms. The molecule has 19 heavy (non-hydrogen) atoms. The summed E-state index contributed by atoms with van der Waals surface area (Å²) in [4.78, 5) is 0. The fraction of sp³-hybridized carbons (Fsp3) is 0.200. The van der Waals surface area contributed by atoms with Crippen LogP contribution >= 0.6 is 11.6 Å². The summed E-state index contributed by atoms with van der Waals surface area (Å²) in [5.74, 6) is -0.0989. The Bertz CT molecular complexity index is 554. The molecule has 0 unspecified atom stereocenters. The molecule has 2 nitrogen and oxygen atoms in total. The number of benzene rings is 2. The van der Waals surface area contributed by atoms with Crippen molar-refractivity contribution in [2.24, 2.45) is 0 Å².